The van der Waals surface area contributed by atoms with Crippen molar-refractivity contribution in [3.8, 4) is 5.75 Å². The number of nitrogens with zero attached hydrogens (tertiary/aromatic N) is 1. The molecule has 2 aromatic rings. The Morgan fingerprint density at radius 1 is 1.15 bits per heavy atom. The van der Waals surface area contributed by atoms with E-state index in [2.05, 4.69) is 4.72 Å². The van der Waals surface area contributed by atoms with E-state index >= 15 is 0 Å². The first kappa shape index (κ1) is 20.7. The van der Waals surface area contributed by atoms with E-state index in [1.807, 2.05) is 44.1 Å². The molecular weight excluding hydrogens is 372 g/mol. The van der Waals surface area contributed by atoms with Crippen molar-refractivity contribution < 1.29 is 13.2 Å². The molecular formula is C19H25ClN2O3S. The van der Waals surface area contributed by atoms with Crippen LogP contribution >= 0.6 is 11.6 Å². The highest BCUT2D eigenvalue weighted by Crippen LogP contribution is 2.28. The van der Waals surface area contributed by atoms with Gasteiger partial charge in [0.05, 0.1) is 7.11 Å². The second-order valence-electron chi connectivity index (χ2n) is 6.47. The smallest absolute Gasteiger partial charge is 0.244 e. The normalized spacial score (nSPS) is 13.0. The molecule has 2 rings (SSSR count). The van der Waals surface area contributed by atoms with Crippen LogP contribution in [0.25, 0.3) is 0 Å². The van der Waals surface area contributed by atoms with Crippen LogP contribution in [0.3, 0.4) is 0 Å². The number of methoxy groups -OCH3 is 1. The highest BCUT2D eigenvalue weighted by molar-refractivity contribution is 7.89. The summed E-state index contributed by atoms with van der Waals surface area (Å²) in [6.45, 7) is 2.59. The highest BCUT2D eigenvalue weighted by atomic mass is 35.5. The van der Waals surface area contributed by atoms with Gasteiger partial charge in [0.15, 0.2) is 0 Å². The quantitative estimate of drug-likeness (QED) is 0.740. The molecule has 0 aliphatic heterocycles. The van der Waals surface area contributed by atoms with Gasteiger partial charge in [-0.05, 0) is 69.4 Å². The molecule has 0 spiro atoms. The number of aryl methyl sites for hydroxylation is 1. The van der Waals surface area contributed by atoms with Crippen molar-refractivity contribution in [3.63, 3.8) is 0 Å². The Morgan fingerprint density at radius 3 is 2.38 bits per heavy atom. The fourth-order valence-electron chi connectivity index (χ4n) is 2.62. The topological polar surface area (TPSA) is 58.6 Å². The average Bonchev–Trinajstić information content (AvgIpc) is 2.59. The summed E-state index contributed by atoms with van der Waals surface area (Å²) in [7, 11) is 1.62. The lowest BCUT2D eigenvalue weighted by molar-refractivity contribution is 0.374. The van der Waals surface area contributed by atoms with Crippen molar-refractivity contribution in [3.05, 3.63) is 58.6 Å². The van der Waals surface area contributed by atoms with E-state index in [0.29, 0.717) is 17.2 Å². The number of nitrogens with one attached hydrogen (secondary N) is 1. The average molecular weight is 397 g/mol. The Bertz CT molecular complexity index is 836. The van der Waals surface area contributed by atoms with Crippen LogP contribution < -0.4 is 9.46 Å². The van der Waals surface area contributed by atoms with Crippen LogP contribution in [0.5, 0.6) is 5.75 Å². The molecule has 2 aromatic carbocycles. The third-order valence-electron chi connectivity index (χ3n) is 4.04. The first-order chi connectivity index (χ1) is 12.2. The molecule has 0 amide bonds. The van der Waals surface area contributed by atoms with Gasteiger partial charge in [0.1, 0.15) is 10.6 Å². The van der Waals surface area contributed by atoms with Crippen LogP contribution in [0.15, 0.2) is 47.4 Å². The fraction of sp³-hybridized carbons (Fsp3) is 0.368. The number of hydrogen-bond donors (Lipinski definition) is 1. The SMILES string of the molecule is COc1ccc(C)cc1S(=O)(=O)NC(CCN(C)C)c1ccc(Cl)cc1. The molecule has 0 aliphatic carbocycles. The zero-order valence-electron chi connectivity index (χ0n) is 15.5. The van der Waals surface area contributed by atoms with Crippen LogP contribution in [0.4, 0.5) is 0 Å². The summed E-state index contributed by atoms with van der Waals surface area (Å²) in [5, 5.41) is 0.614. The summed E-state index contributed by atoms with van der Waals surface area (Å²) in [5.41, 5.74) is 1.72. The summed E-state index contributed by atoms with van der Waals surface area (Å²) >= 11 is 5.97. The molecule has 0 radical (unpaired) electrons. The maximum atomic E-state index is 13.0. The van der Waals surface area contributed by atoms with Crippen molar-refractivity contribution in [2.75, 3.05) is 27.7 Å². The maximum Gasteiger partial charge on any atom is 0.244 e. The minimum Gasteiger partial charge on any atom is -0.495 e. The summed E-state index contributed by atoms with van der Waals surface area (Å²) in [6, 6.07) is 12.0. The lowest BCUT2D eigenvalue weighted by atomic mass is 10.0. The molecule has 26 heavy (non-hydrogen) atoms. The van der Waals surface area contributed by atoms with E-state index in [-0.39, 0.29) is 10.9 Å². The number of benzene rings is 2. The summed E-state index contributed by atoms with van der Waals surface area (Å²) < 4.78 is 34.1. The van der Waals surface area contributed by atoms with Crippen LogP contribution in [-0.4, -0.2) is 41.1 Å². The zero-order valence-corrected chi connectivity index (χ0v) is 17.1. The Kier molecular flexibility index (Phi) is 7.06. The molecule has 0 saturated carbocycles. The van der Waals surface area contributed by atoms with Crippen LogP contribution in [0, 0.1) is 6.92 Å². The molecule has 1 unspecified atom stereocenters. The van der Waals surface area contributed by atoms with Gasteiger partial charge in [-0.2, -0.15) is 0 Å². The standard InChI is InChI=1S/C19H25ClN2O3S/c1-14-5-10-18(25-4)19(13-14)26(23,24)21-17(11-12-22(2)3)15-6-8-16(20)9-7-15/h5-10,13,17,21H,11-12H2,1-4H3. The Hall–Kier alpha value is -1.60. The summed E-state index contributed by atoms with van der Waals surface area (Å²) in [4.78, 5) is 2.16. The molecule has 0 aliphatic rings. The Balaban J connectivity index is 2.37. The first-order valence-corrected chi connectivity index (χ1v) is 10.2. The molecule has 1 N–H and O–H groups in total. The van der Waals surface area contributed by atoms with Gasteiger partial charge in [-0.15, -0.1) is 0 Å². The fourth-order valence-corrected chi connectivity index (χ4v) is 4.26. The first-order valence-electron chi connectivity index (χ1n) is 8.30. The molecule has 7 heteroatoms. The minimum absolute atomic E-state index is 0.142. The van der Waals surface area contributed by atoms with Crippen LogP contribution in [0.2, 0.25) is 5.02 Å². The molecule has 0 aromatic heterocycles. The second-order valence-corrected chi connectivity index (χ2v) is 8.59. The molecule has 5 nitrogen and oxygen atoms in total. The van der Waals surface area contributed by atoms with Gasteiger partial charge in [0.25, 0.3) is 0 Å². The van der Waals surface area contributed by atoms with Gasteiger partial charge in [0.2, 0.25) is 10.0 Å². The van der Waals surface area contributed by atoms with Gasteiger partial charge < -0.3 is 9.64 Å². The molecule has 0 heterocycles. The lowest BCUT2D eigenvalue weighted by Gasteiger charge is -2.22. The van der Waals surface area contributed by atoms with Crippen molar-refractivity contribution in [2.45, 2.75) is 24.3 Å². The Labute approximate surface area is 161 Å². The Morgan fingerprint density at radius 2 is 1.81 bits per heavy atom. The van der Waals surface area contributed by atoms with Gasteiger partial charge in [-0.25, -0.2) is 13.1 Å². The van der Waals surface area contributed by atoms with E-state index in [1.54, 1.807) is 24.3 Å². The van der Waals surface area contributed by atoms with Crippen LogP contribution in [-0.2, 0) is 10.0 Å². The van der Waals surface area contributed by atoms with Gasteiger partial charge in [0, 0.05) is 11.1 Å². The number of rotatable bonds is 8. The number of ether oxygens (including phenoxy) is 1. The molecule has 1 atom stereocenters. The van der Waals surface area contributed by atoms with E-state index in [1.165, 1.54) is 7.11 Å². The molecule has 0 fully saturated rings. The number of hydrogen-bond acceptors (Lipinski definition) is 4. The van der Waals surface area contributed by atoms with Crippen molar-refractivity contribution in [1.29, 1.82) is 0 Å². The van der Waals surface area contributed by atoms with Gasteiger partial charge in [-0.3, -0.25) is 0 Å². The van der Waals surface area contributed by atoms with Crippen LogP contribution in [0.1, 0.15) is 23.6 Å². The summed E-state index contributed by atoms with van der Waals surface area (Å²) in [5.74, 6) is 0.325. The van der Waals surface area contributed by atoms with E-state index in [4.69, 9.17) is 16.3 Å². The van der Waals surface area contributed by atoms with E-state index in [9.17, 15) is 8.42 Å². The molecule has 0 bridgehead atoms. The predicted octanol–water partition coefficient (Wildman–Crippen LogP) is 3.63. The van der Waals surface area contributed by atoms with E-state index < -0.39 is 10.0 Å². The van der Waals surface area contributed by atoms with Gasteiger partial charge >= 0.3 is 0 Å². The van der Waals surface area contributed by atoms with Crippen molar-refractivity contribution in [1.82, 2.24) is 9.62 Å². The third kappa shape index (κ3) is 5.45. The minimum atomic E-state index is -3.76. The largest absolute Gasteiger partial charge is 0.495 e. The van der Waals surface area contributed by atoms with Crippen molar-refractivity contribution in [2.24, 2.45) is 0 Å². The number of sulfonamides is 1. The monoisotopic (exact) mass is 396 g/mol. The third-order valence-corrected chi connectivity index (χ3v) is 5.79. The highest BCUT2D eigenvalue weighted by Gasteiger charge is 2.25. The predicted molar refractivity (Wildman–Crippen MR) is 105 cm³/mol. The maximum absolute atomic E-state index is 13.0. The lowest BCUT2D eigenvalue weighted by Crippen LogP contribution is -2.31. The second kappa shape index (κ2) is 8.86. The van der Waals surface area contributed by atoms with Gasteiger partial charge in [-0.1, -0.05) is 29.8 Å². The van der Waals surface area contributed by atoms with Crippen molar-refractivity contribution >= 4 is 21.6 Å². The molecule has 0 saturated heterocycles. The zero-order chi connectivity index (χ0) is 19.3. The molecule has 142 valence electrons. The number of halogens is 1. The summed E-state index contributed by atoms with van der Waals surface area (Å²) in [6.07, 6.45) is 0.627. The van der Waals surface area contributed by atoms with E-state index in [0.717, 1.165) is 17.7 Å².